The van der Waals surface area contributed by atoms with Crippen LogP contribution in [0.2, 0.25) is 0 Å². The molecule has 92 valence electrons. The van der Waals surface area contributed by atoms with Crippen molar-refractivity contribution in [2.24, 2.45) is 0 Å². The molecule has 2 rings (SSSR count). The van der Waals surface area contributed by atoms with Gasteiger partial charge in [0.25, 0.3) is 0 Å². The second-order valence-corrected chi connectivity index (χ2v) is 4.77. The molecule has 0 bridgehead atoms. The van der Waals surface area contributed by atoms with E-state index in [1.807, 2.05) is 6.07 Å². The highest BCUT2D eigenvalue weighted by atomic mass is 79.9. The molecule has 6 heteroatoms. The van der Waals surface area contributed by atoms with Crippen molar-refractivity contribution in [1.29, 1.82) is 0 Å². The number of halogens is 2. The number of nitrogens with one attached hydrogen (secondary N) is 2. The summed E-state index contributed by atoms with van der Waals surface area (Å²) in [6.45, 7) is 0. The maximum atomic E-state index is 12.7. The van der Waals surface area contributed by atoms with Crippen molar-refractivity contribution < 1.29 is 4.39 Å². The highest BCUT2D eigenvalue weighted by Gasteiger charge is 2.00. The third-order valence-electron chi connectivity index (χ3n) is 2.07. The summed E-state index contributed by atoms with van der Waals surface area (Å²) < 4.78 is 13.6. The van der Waals surface area contributed by atoms with Crippen molar-refractivity contribution in [2.75, 3.05) is 10.6 Å². The van der Waals surface area contributed by atoms with Gasteiger partial charge in [-0.1, -0.05) is 0 Å². The van der Waals surface area contributed by atoms with Crippen molar-refractivity contribution in [2.45, 2.75) is 0 Å². The number of thiocarbonyl (C=S) groups is 1. The van der Waals surface area contributed by atoms with E-state index in [0.717, 1.165) is 4.47 Å². The average Bonchev–Trinajstić information content (AvgIpc) is 2.35. The Morgan fingerprint density at radius 3 is 2.44 bits per heavy atom. The topological polar surface area (TPSA) is 37.0 Å². The molecule has 0 aliphatic heterocycles. The molecule has 1 heterocycles. The fraction of sp³-hybridized carbons (Fsp3) is 0. The van der Waals surface area contributed by atoms with Crippen LogP contribution in [-0.4, -0.2) is 10.1 Å². The van der Waals surface area contributed by atoms with Gasteiger partial charge in [0.05, 0.1) is 0 Å². The Labute approximate surface area is 118 Å². The molecular weight excluding hydrogens is 317 g/mol. The molecular formula is C12H9BrFN3S. The summed E-state index contributed by atoms with van der Waals surface area (Å²) in [7, 11) is 0. The quantitative estimate of drug-likeness (QED) is 0.824. The van der Waals surface area contributed by atoms with E-state index in [4.69, 9.17) is 12.2 Å². The zero-order valence-corrected chi connectivity index (χ0v) is 11.6. The Kier molecular flexibility index (Phi) is 4.22. The standard InChI is InChI=1S/C12H9BrFN3S/c13-8-1-6-11(15-7-8)17-12(18)16-10-4-2-9(14)3-5-10/h1-7H,(H2,15,16,17,18). The molecule has 1 aromatic heterocycles. The number of benzene rings is 1. The first-order chi connectivity index (χ1) is 8.63. The molecule has 18 heavy (non-hydrogen) atoms. The summed E-state index contributed by atoms with van der Waals surface area (Å²) in [6.07, 6.45) is 1.67. The first-order valence-corrected chi connectivity index (χ1v) is 6.29. The van der Waals surface area contributed by atoms with Crippen molar-refractivity contribution >= 4 is 44.8 Å². The molecule has 0 saturated heterocycles. The monoisotopic (exact) mass is 325 g/mol. The molecule has 3 nitrogen and oxygen atoms in total. The fourth-order valence-electron chi connectivity index (χ4n) is 1.26. The predicted molar refractivity (Wildman–Crippen MR) is 78.2 cm³/mol. The van der Waals surface area contributed by atoms with Crippen molar-refractivity contribution in [3.8, 4) is 0 Å². The summed E-state index contributed by atoms with van der Waals surface area (Å²) in [4.78, 5) is 4.13. The van der Waals surface area contributed by atoms with Crippen molar-refractivity contribution in [3.63, 3.8) is 0 Å². The van der Waals surface area contributed by atoms with Crippen LogP contribution in [0, 0.1) is 5.82 Å². The van der Waals surface area contributed by atoms with Gasteiger partial charge in [-0.3, -0.25) is 0 Å². The molecule has 0 radical (unpaired) electrons. The Balaban J connectivity index is 1.96. The fourth-order valence-corrected chi connectivity index (χ4v) is 1.72. The van der Waals surface area contributed by atoms with E-state index in [9.17, 15) is 4.39 Å². The van der Waals surface area contributed by atoms with Crippen LogP contribution in [0.3, 0.4) is 0 Å². The molecule has 0 spiro atoms. The maximum Gasteiger partial charge on any atom is 0.176 e. The minimum absolute atomic E-state index is 0.283. The first-order valence-electron chi connectivity index (χ1n) is 5.08. The second kappa shape index (κ2) is 5.88. The van der Waals surface area contributed by atoms with Gasteiger partial charge in [-0.15, -0.1) is 0 Å². The largest absolute Gasteiger partial charge is 0.332 e. The molecule has 0 atom stereocenters. The van der Waals surface area contributed by atoms with Crippen LogP contribution in [0.25, 0.3) is 0 Å². The smallest absolute Gasteiger partial charge is 0.176 e. The van der Waals surface area contributed by atoms with E-state index in [1.165, 1.54) is 12.1 Å². The minimum atomic E-state index is -0.283. The molecule has 0 aliphatic carbocycles. The van der Waals surface area contributed by atoms with Crippen LogP contribution in [0.15, 0.2) is 47.1 Å². The Morgan fingerprint density at radius 2 is 1.83 bits per heavy atom. The van der Waals surface area contributed by atoms with Crippen molar-refractivity contribution in [1.82, 2.24) is 4.98 Å². The van der Waals surface area contributed by atoms with Crippen LogP contribution >= 0.6 is 28.1 Å². The lowest BCUT2D eigenvalue weighted by atomic mass is 10.3. The summed E-state index contributed by atoms with van der Waals surface area (Å²) in [5.74, 6) is 0.354. The number of aromatic nitrogens is 1. The predicted octanol–water partition coefficient (Wildman–Crippen LogP) is 3.79. The molecule has 0 fully saturated rings. The van der Waals surface area contributed by atoms with E-state index in [2.05, 4.69) is 31.5 Å². The molecule has 0 saturated carbocycles. The van der Waals surface area contributed by atoms with Gasteiger partial charge in [0.1, 0.15) is 11.6 Å². The number of pyridine rings is 1. The van der Waals surface area contributed by atoms with Crippen molar-refractivity contribution in [3.05, 3.63) is 52.9 Å². The summed E-state index contributed by atoms with van der Waals surface area (Å²) in [5, 5.41) is 6.26. The molecule has 0 unspecified atom stereocenters. The Hall–Kier alpha value is -1.53. The van der Waals surface area contributed by atoms with E-state index in [-0.39, 0.29) is 5.82 Å². The van der Waals surface area contributed by atoms with Gasteiger partial charge in [0, 0.05) is 16.4 Å². The number of hydrogen-bond donors (Lipinski definition) is 2. The van der Waals surface area contributed by atoms with Gasteiger partial charge >= 0.3 is 0 Å². The van der Waals surface area contributed by atoms with Crippen LogP contribution in [0.1, 0.15) is 0 Å². The van der Waals surface area contributed by atoms with Gasteiger partial charge in [-0.05, 0) is 64.5 Å². The molecule has 2 N–H and O–H groups in total. The van der Waals surface area contributed by atoms with Gasteiger partial charge in [0.15, 0.2) is 5.11 Å². The molecule has 1 aromatic carbocycles. The Morgan fingerprint density at radius 1 is 1.11 bits per heavy atom. The molecule has 0 aliphatic rings. The SMILES string of the molecule is Fc1ccc(NC(=S)Nc2ccc(Br)cn2)cc1. The Bertz CT molecular complexity index is 493. The molecule has 0 amide bonds. The lowest BCUT2D eigenvalue weighted by Gasteiger charge is -2.09. The minimum Gasteiger partial charge on any atom is -0.332 e. The number of hydrogen-bond acceptors (Lipinski definition) is 2. The third kappa shape index (κ3) is 3.75. The van der Waals surface area contributed by atoms with Crippen LogP contribution < -0.4 is 10.6 Å². The van der Waals surface area contributed by atoms with E-state index < -0.39 is 0 Å². The van der Waals surface area contributed by atoms with E-state index >= 15 is 0 Å². The van der Waals surface area contributed by atoms with Crippen LogP contribution in [-0.2, 0) is 0 Å². The lowest BCUT2D eigenvalue weighted by Crippen LogP contribution is -2.19. The number of anilines is 2. The van der Waals surface area contributed by atoms with Gasteiger partial charge < -0.3 is 10.6 Å². The highest BCUT2D eigenvalue weighted by Crippen LogP contribution is 2.12. The zero-order chi connectivity index (χ0) is 13.0. The third-order valence-corrected chi connectivity index (χ3v) is 2.74. The lowest BCUT2D eigenvalue weighted by molar-refractivity contribution is 0.628. The number of rotatable bonds is 2. The summed E-state index contributed by atoms with van der Waals surface area (Å²) in [6, 6.07) is 9.60. The van der Waals surface area contributed by atoms with Gasteiger partial charge in [-0.2, -0.15) is 0 Å². The van der Waals surface area contributed by atoms with Crippen LogP contribution in [0.5, 0.6) is 0 Å². The summed E-state index contributed by atoms with van der Waals surface area (Å²) in [5.41, 5.74) is 0.714. The highest BCUT2D eigenvalue weighted by molar-refractivity contribution is 9.10. The van der Waals surface area contributed by atoms with Crippen LogP contribution in [0.4, 0.5) is 15.9 Å². The second-order valence-electron chi connectivity index (χ2n) is 3.45. The first kappa shape index (κ1) is 12.9. The molecule has 2 aromatic rings. The van der Waals surface area contributed by atoms with E-state index in [1.54, 1.807) is 24.4 Å². The number of nitrogens with zero attached hydrogens (tertiary/aromatic N) is 1. The van der Waals surface area contributed by atoms with E-state index in [0.29, 0.717) is 16.6 Å². The normalized spacial score (nSPS) is 9.89. The van der Waals surface area contributed by atoms with Gasteiger partial charge in [-0.25, -0.2) is 9.37 Å². The average molecular weight is 326 g/mol. The maximum absolute atomic E-state index is 12.7. The van der Waals surface area contributed by atoms with Gasteiger partial charge in [0.2, 0.25) is 0 Å². The summed E-state index contributed by atoms with van der Waals surface area (Å²) >= 11 is 8.41. The zero-order valence-electron chi connectivity index (χ0n) is 9.15.